The Labute approximate surface area is 109 Å². The van der Waals surface area contributed by atoms with E-state index in [-0.39, 0.29) is 11.8 Å². The minimum atomic E-state index is -0.0464. The lowest BCUT2D eigenvalue weighted by Crippen LogP contribution is -2.26. The molecule has 0 aliphatic carbocycles. The molecule has 0 atom stereocenters. The number of H-pyrrole nitrogens is 1. The summed E-state index contributed by atoms with van der Waals surface area (Å²) in [6.07, 6.45) is 3.48. The number of hydrogen-bond donors (Lipinski definition) is 1. The van der Waals surface area contributed by atoms with E-state index < -0.39 is 0 Å². The topological polar surface area (TPSA) is 74.8 Å². The molecule has 0 unspecified atom stereocenters. The molecular weight excluding hydrogens is 250 g/mol. The van der Waals surface area contributed by atoms with Gasteiger partial charge in [-0.1, -0.05) is 18.3 Å². The smallest absolute Gasteiger partial charge is 0.267 e. The summed E-state index contributed by atoms with van der Waals surface area (Å²) < 4.78 is 3.87. The third-order valence-electron chi connectivity index (χ3n) is 2.58. The minimum Gasteiger partial charge on any atom is -0.336 e. The summed E-state index contributed by atoms with van der Waals surface area (Å²) >= 11 is 1.15. The number of amides is 1. The Bertz CT molecular complexity index is 519. The van der Waals surface area contributed by atoms with E-state index in [9.17, 15) is 4.79 Å². The summed E-state index contributed by atoms with van der Waals surface area (Å²) in [5.41, 5.74) is 1.73. The van der Waals surface area contributed by atoms with Gasteiger partial charge < -0.3 is 4.90 Å². The monoisotopic (exact) mass is 265 g/mol. The van der Waals surface area contributed by atoms with E-state index in [1.807, 2.05) is 13.8 Å². The number of aromatic amines is 1. The lowest BCUT2D eigenvalue weighted by molar-refractivity contribution is 0.0788. The highest BCUT2D eigenvalue weighted by Crippen LogP contribution is 2.21. The zero-order valence-electron chi connectivity index (χ0n) is 10.5. The summed E-state index contributed by atoms with van der Waals surface area (Å²) in [5, 5.41) is 10.6. The van der Waals surface area contributed by atoms with E-state index in [1.165, 1.54) is 0 Å². The van der Waals surface area contributed by atoms with Crippen molar-refractivity contribution in [2.75, 3.05) is 7.05 Å². The van der Waals surface area contributed by atoms with E-state index in [2.05, 4.69) is 19.8 Å². The molecule has 0 bridgehead atoms. The van der Waals surface area contributed by atoms with Crippen molar-refractivity contribution in [2.45, 2.75) is 26.3 Å². The molecule has 6 nitrogen and oxygen atoms in total. The fraction of sp³-hybridized carbons (Fsp3) is 0.455. The van der Waals surface area contributed by atoms with Gasteiger partial charge in [-0.25, -0.2) is 0 Å². The van der Waals surface area contributed by atoms with Crippen molar-refractivity contribution in [3.63, 3.8) is 0 Å². The van der Waals surface area contributed by atoms with E-state index in [1.54, 1.807) is 24.3 Å². The predicted octanol–water partition coefficient (Wildman–Crippen LogP) is 1.66. The van der Waals surface area contributed by atoms with Gasteiger partial charge in [-0.3, -0.25) is 9.89 Å². The van der Waals surface area contributed by atoms with Crippen LogP contribution in [0, 0.1) is 0 Å². The number of hydrogen-bond acceptors (Lipinski definition) is 5. The Morgan fingerprint density at radius 3 is 2.94 bits per heavy atom. The van der Waals surface area contributed by atoms with Crippen LogP contribution in [0.4, 0.5) is 0 Å². The summed E-state index contributed by atoms with van der Waals surface area (Å²) in [5.74, 6) is 0.153. The highest BCUT2D eigenvalue weighted by molar-refractivity contribution is 7.08. The predicted molar refractivity (Wildman–Crippen MR) is 68.4 cm³/mol. The molecule has 0 aromatic carbocycles. The molecule has 1 amide bonds. The molecule has 0 saturated heterocycles. The summed E-state index contributed by atoms with van der Waals surface area (Å²) in [6.45, 7) is 4.53. The summed E-state index contributed by atoms with van der Waals surface area (Å²) in [4.78, 5) is 14.5. The van der Waals surface area contributed by atoms with Gasteiger partial charge in [0.25, 0.3) is 5.91 Å². The molecule has 18 heavy (non-hydrogen) atoms. The normalized spacial score (nSPS) is 10.9. The first kappa shape index (κ1) is 12.7. The lowest BCUT2D eigenvalue weighted by Gasteiger charge is -2.15. The van der Waals surface area contributed by atoms with E-state index >= 15 is 0 Å². The van der Waals surface area contributed by atoms with E-state index in [0.717, 1.165) is 22.8 Å². The van der Waals surface area contributed by atoms with Crippen molar-refractivity contribution in [2.24, 2.45) is 0 Å². The van der Waals surface area contributed by atoms with Gasteiger partial charge >= 0.3 is 0 Å². The fourth-order valence-electron chi connectivity index (χ4n) is 1.61. The molecule has 0 aliphatic rings. The minimum absolute atomic E-state index is 0.0464. The van der Waals surface area contributed by atoms with Crippen LogP contribution in [-0.2, 0) is 6.54 Å². The summed E-state index contributed by atoms with van der Waals surface area (Å²) in [7, 11) is 1.76. The molecule has 7 heteroatoms. The zero-order valence-corrected chi connectivity index (χ0v) is 11.4. The van der Waals surface area contributed by atoms with Crippen molar-refractivity contribution < 1.29 is 4.79 Å². The van der Waals surface area contributed by atoms with Gasteiger partial charge in [0.2, 0.25) is 0 Å². The third kappa shape index (κ3) is 2.56. The second kappa shape index (κ2) is 5.26. The first-order chi connectivity index (χ1) is 8.59. The molecule has 96 valence electrons. The van der Waals surface area contributed by atoms with Crippen LogP contribution in [0.1, 0.15) is 40.7 Å². The standard InChI is InChI=1S/C11H15N5OS/c1-7(2)9-10(18-15-14-9)11(17)16(3)6-8-4-12-13-5-8/h4-5,7H,6H2,1-3H3,(H,12,13). The second-order valence-electron chi connectivity index (χ2n) is 4.41. The van der Waals surface area contributed by atoms with Crippen LogP contribution in [0.2, 0.25) is 0 Å². The number of rotatable bonds is 4. The largest absolute Gasteiger partial charge is 0.336 e. The quantitative estimate of drug-likeness (QED) is 0.912. The number of nitrogens with zero attached hydrogens (tertiary/aromatic N) is 4. The number of carbonyl (C=O) groups is 1. The zero-order chi connectivity index (χ0) is 13.1. The van der Waals surface area contributed by atoms with Crippen molar-refractivity contribution in [3.8, 4) is 0 Å². The molecule has 0 aliphatic heterocycles. The molecule has 0 radical (unpaired) electrons. The van der Waals surface area contributed by atoms with Gasteiger partial charge in [0.05, 0.1) is 11.9 Å². The Kier molecular flexibility index (Phi) is 3.71. The van der Waals surface area contributed by atoms with Crippen LogP contribution < -0.4 is 0 Å². The molecule has 2 heterocycles. The maximum atomic E-state index is 12.3. The maximum Gasteiger partial charge on any atom is 0.267 e. The third-order valence-corrected chi connectivity index (χ3v) is 3.31. The molecule has 0 fully saturated rings. The fourth-order valence-corrected chi connectivity index (χ4v) is 2.42. The molecule has 1 N–H and O–H groups in total. The van der Waals surface area contributed by atoms with E-state index in [4.69, 9.17) is 0 Å². The molecule has 2 aromatic heterocycles. The van der Waals surface area contributed by atoms with Gasteiger partial charge in [-0.15, -0.1) is 5.10 Å². The van der Waals surface area contributed by atoms with Crippen LogP contribution in [0.5, 0.6) is 0 Å². The Balaban J connectivity index is 2.13. The van der Waals surface area contributed by atoms with Crippen LogP contribution >= 0.6 is 11.5 Å². The highest BCUT2D eigenvalue weighted by atomic mass is 32.1. The number of carbonyl (C=O) groups excluding carboxylic acids is 1. The van der Waals surface area contributed by atoms with Gasteiger partial charge in [0, 0.05) is 25.4 Å². The van der Waals surface area contributed by atoms with Gasteiger partial charge in [-0.2, -0.15) is 5.10 Å². The van der Waals surface area contributed by atoms with Crippen molar-refractivity contribution in [1.29, 1.82) is 0 Å². The Hall–Kier alpha value is -1.76. The molecule has 0 saturated carbocycles. The molecule has 2 rings (SSSR count). The van der Waals surface area contributed by atoms with Crippen LogP contribution in [-0.4, -0.2) is 37.6 Å². The maximum absolute atomic E-state index is 12.3. The first-order valence-electron chi connectivity index (χ1n) is 5.65. The number of aromatic nitrogens is 4. The molecular formula is C11H15N5OS. The Morgan fingerprint density at radius 2 is 2.33 bits per heavy atom. The van der Waals surface area contributed by atoms with Gasteiger partial charge in [0.1, 0.15) is 4.88 Å². The lowest BCUT2D eigenvalue weighted by atomic mass is 10.1. The highest BCUT2D eigenvalue weighted by Gasteiger charge is 2.21. The SMILES string of the molecule is CC(C)c1nnsc1C(=O)N(C)Cc1cn[nH]c1. The van der Waals surface area contributed by atoms with Gasteiger partial charge in [0.15, 0.2) is 0 Å². The Morgan fingerprint density at radius 1 is 1.56 bits per heavy atom. The van der Waals surface area contributed by atoms with Crippen molar-refractivity contribution in [3.05, 3.63) is 28.5 Å². The van der Waals surface area contributed by atoms with Crippen LogP contribution in [0.15, 0.2) is 12.4 Å². The molecule has 2 aromatic rings. The van der Waals surface area contributed by atoms with E-state index in [0.29, 0.717) is 11.4 Å². The number of nitrogens with one attached hydrogen (secondary N) is 1. The second-order valence-corrected chi connectivity index (χ2v) is 5.16. The summed E-state index contributed by atoms with van der Waals surface area (Å²) in [6, 6.07) is 0. The first-order valence-corrected chi connectivity index (χ1v) is 6.42. The molecule has 0 spiro atoms. The van der Waals surface area contributed by atoms with Crippen molar-refractivity contribution >= 4 is 17.4 Å². The van der Waals surface area contributed by atoms with Crippen molar-refractivity contribution in [1.82, 2.24) is 24.7 Å². The van der Waals surface area contributed by atoms with Crippen LogP contribution in [0.25, 0.3) is 0 Å². The van der Waals surface area contributed by atoms with Crippen LogP contribution in [0.3, 0.4) is 0 Å². The van der Waals surface area contributed by atoms with Gasteiger partial charge in [-0.05, 0) is 17.5 Å². The average Bonchev–Trinajstić information content (AvgIpc) is 2.97. The average molecular weight is 265 g/mol.